The van der Waals surface area contributed by atoms with Crippen molar-refractivity contribution in [3.8, 4) is 0 Å². The molecule has 186 valence electrons. The van der Waals surface area contributed by atoms with E-state index in [2.05, 4.69) is 5.32 Å². The van der Waals surface area contributed by atoms with Crippen molar-refractivity contribution in [3.63, 3.8) is 0 Å². The maximum atomic E-state index is 13.3. The van der Waals surface area contributed by atoms with Gasteiger partial charge in [-0.25, -0.2) is 12.8 Å². The summed E-state index contributed by atoms with van der Waals surface area (Å²) in [6.07, 6.45) is 1.90. The van der Waals surface area contributed by atoms with E-state index >= 15 is 0 Å². The van der Waals surface area contributed by atoms with Crippen molar-refractivity contribution in [2.75, 3.05) is 24.2 Å². The minimum atomic E-state index is -3.56. The van der Waals surface area contributed by atoms with Crippen LogP contribution in [0.5, 0.6) is 0 Å². The first-order valence-electron chi connectivity index (χ1n) is 11.3. The molecule has 2 amide bonds. The number of nitrogens with zero attached hydrogens (tertiary/aromatic N) is 2. The Kier molecular flexibility index (Phi) is 9.61. The first-order valence-corrected chi connectivity index (χ1v) is 13.1. The first-order chi connectivity index (χ1) is 16.0. The van der Waals surface area contributed by atoms with Gasteiger partial charge in [-0.1, -0.05) is 31.2 Å². The van der Waals surface area contributed by atoms with Crippen molar-refractivity contribution in [2.45, 2.75) is 52.6 Å². The third-order valence-electron chi connectivity index (χ3n) is 5.68. The number of hydrogen-bond donors (Lipinski definition) is 1. The van der Waals surface area contributed by atoms with Crippen molar-refractivity contribution in [3.05, 3.63) is 65.0 Å². The molecule has 0 aliphatic heterocycles. The van der Waals surface area contributed by atoms with Crippen LogP contribution in [0.25, 0.3) is 0 Å². The van der Waals surface area contributed by atoms with E-state index in [4.69, 9.17) is 0 Å². The highest BCUT2D eigenvalue weighted by Crippen LogP contribution is 2.25. The molecule has 7 nitrogen and oxygen atoms in total. The summed E-state index contributed by atoms with van der Waals surface area (Å²) in [5.41, 5.74) is 3.05. The van der Waals surface area contributed by atoms with Crippen LogP contribution >= 0.6 is 0 Å². The number of sulfonamides is 1. The molecule has 9 heteroatoms. The molecule has 0 bridgehead atoms. The van der Waals surface area contributed by atoms with Gasteiger partial charge in [-0.3, -0.25) is 13.9 Å². The fraction of sp³-hybridized carbons (Fsp3) is 0.440. The third kappa shape index (κ3) is 7.28. The zero-order chi connectivity index (χ0) is 25.5. The van der Waals surface area contributed by atoms with Crippen molar-refractivity contribution >= 4 is 27.5 Å². The molecule has 0 aromatic heterocycles. The lowest BCUT2D eigenvalue weighted by molar-refractivity contribution is -0.141. The Labute approximate surface area is 202 Å². The maximum Gasteiger partial charge on any atom is 0.242 e. The molecule has 0 saturated heterocycles. The Balaban J connectivity index is 2.21. The molecule has 0 unspecified atom stereocenters. The largest absolute Gasteiger partial charge is 0.357 e. The predicted molar refractivity (Wildman–Crippen MR) is 132 cm³/mol. The van der Waals surface area contributed by atoms with E-state index in [9.17, 15) is 22.4 Å². The molecule has 0 radical (unpaired) electrons. The van der Waals surface area contributed by atoms with Gasteiger partial charge in [-0.05, 0) is 61.6 Å². The molecular formula is C25H34FN3O4S. The van der Waals surface area contributed by atoms with Gasteiger partial charge in [0.05, 0.1) is 11.9 Å². The van der Waals surface area contributed by atoms with E-state index in [0.29, 0.717) is 17.7 Å². The molecule has 0 aliphatic carbocycles. The normalized spacial score (nSPS) is 12.2. The summed E-state index contributed by atoms with van der Waals surface area (Å²) in [5, 5.41) is 2.59. The molecule has 0 aliphatic rings. The van der Waals surface area contributed by atoms with Gasteiger partial charge in [0.1, 0.15) is 11.9 Å². The van der Waals surface area contributed by atoms with Gasteiger partial charge in [0.25, 0.3) is 0 Å². The summed E-state index contributed by atoms with van der Waals surface area (Å²) in [4.78, 5) is 27.2. The SMILES string of the molecule is CC[C@H](C(=O)NC)N(Cc1ccc(F)cc1)C(=O)CCCN(c1cc(C)ccc1C)S(C)(=O)=O. The number of nitrogens with one attached hydrogen (secondary N) is 1. The number of carbonyl (C=O) groups is 2. The number of benzene rings is 2. The molecule has 2 aromatic carbocycles. The fourth-order valence-electron chi connectivity index (χ4n) is 3.84. The van der Waals surface area contributed by atoms with Gasteiger partial charge < -0.3 is 10.2 Å². The van der Waals surface area contributed by atoms with E-state index in [1.807, 2.05) is 39.0 Å². The minimum Gasteiger partial charge on any atom is -0.357 e. The highest BCUT2D eigenvalue weighted by molar-refractivity contribution is 7.92. The van der Waals surface area contributed by atoms with E-state index in [1.165, 1.54) is 28.4 Å². The second-order valence-corrected chi connectivity index (χ2v) is 10.3. The van der Waals surface area contributed by atoms with Gasteiger partial charge >= 0.3 is 0 Å². The monoisotopic (exact) mass is 491 g/mol. The number of aryl methyl sites for hydroxylation is 2. The Hall–Kier alpha value is -2.94. The predicted octanol–water partition coefficient (Wildman–Crippen LogP) is 3.54. The van der Waals surface area contributed by atoms with Crippen LogP contribution in [0, 0.1) is 19.7 Å². The Morgan fingerprint density at radius 1 is 1.09 bits per heavy atom. The van der Waals surface area contributed by atoms with Gasteiger partial charge in [-0.15, -0.1) is 0 Å². The van der Waals surface area contributed by atoms with Gasteiger partial charge in [-0.2, -0.15) is 0 Å². The fourth-order valence-corrected chi connectivity index (χ4v) is 4.86. The second-order valence-electron chi connectivity index (χ2n) is 8.42. The summed E-state index contributed by atoms with van der Waals surface area (Å²) in [6, 6.07) is 10.7. The zero-order valence-corrected chi connectivity index (χ0v) is 21.3. The lowest BCUT2D eigenvalue weighted by atomic mass is 10.1. The van der Waals surface area contributed by atoms with Crippen LogP contribution in [0.2, 0.25) is 0 Å². The summed E-state index contributed by atoms with van der Waals surface area (Å²) < 4.78 is 39.7. The topological polar surface area (TPSA) is 86.8 Å². The molecule has 34 heavy (non-hydrogen) atoms. The van der Waals surface area contributed by atoms with Crippen LogP contribution in [0.1, 0.15) is 42.9 Å². The molecule has 1 N–H and O–H groups in total. The summed E-state index contributed by atoms with van der Waals surface area (Å²) in [6.45, 7) is 5.84. The molecular weight excluding hydrogens is 457 g/mol. The average Bonchev–Trinajstić information content (AvgIpc) is 2.78. The number of likely N-dealkylation sites (N-methyl/N-ethyl adjacent to an activating group) is 1. The molecule has 2 rings (SSSR count). The smallest absolute Gasteiger partial charge is 0.242 e. The van der Waals surface area contributed by atoms with E-state index in [0.717, 1.165) is 17.4 Å². The Morgan fingerprint density at radius 3 is 2.29 bits per heavy atom. The molecule has 1 atom stereocenters. The number of halogens is 1. The Morgan fingerprint density at radius 2 is 1.74 bits per heavy atom. The van der Waals surface area contributed by atoms with Gasteiger partial charge in [0.2, 0.25) is 21.8 Å². The highest BCUT2D eigenvalue weighted by Gasteiger charge is 2.28. The number of carbonyl (C=O) groups excluding carboxylic acids is 2. The number of amides is 2. The van der Waals surface area contributed by atoms with Crippen molar-refractivity contribution in [1.82, 2.24) is 10.2 Å². The van der Waals surface area contributed by atoms with E-state index in [1.54, 1.807) is 12.1 Å². The molecule has 0 fully saturated rings. The average molecular weight is 492 g/mol. The van der Waals surface area contributed by atoms with Crippen LogP contribution in [0.3, 0.4) is 0 Å². The van der Waals surface area contributed by atoms with Gasteiger partial charge in [0.15, 0.2) is 0 Å². The van der Waals surface area contributed by atoms with Crippen LogP contribution in [0.4, 0.5) is 10.1 Å². The maximum absolute atomic E-state index is 13.3. The molecule has 0 spiro atoms. The van der Waals surface area contributed by atoms with Crippen molar-refractivity contribution in [2.24, 2.45) is 0 Å². The van der Waals surface area contributed by atoms with Crippen molar-refractivity contribution in [1.29, 1.82) is 0 Å². The molecule has 0 heterocycles. The number of rotatable bonds is 11. The van der Waals surface area contributed by atoms with Crippen LogP contribution in [0.15, 0.2) is 42.5 Å². The zero-order valence-electron chi connectivity index (χ0n) is 20.5. The summed E-state index contributed by atoms with van der Waals surface area (Å²) in [5.74, 6) is -0.937. The number of hydrogen-bond acceptors (Lipinski definition) is 4. The van der Waals surface area contributed by atoms with E-state index < -0.39 is 16.1 Å². The first kappa shape index (κ1) is 27.3. The summed E-state index contributed by atoms with van der Waals surface area (Å²) in [7, 11) is -2.04. The van der Waals surface area contributed by atoms with Crippen LogP contribution < -0.4 is 9.62 Å². The van der Waals surface area contributed by atoms with Gasteiger partial charge in [0, 0.05) is 26.6 Å². The standard InChI is InChI=1S/C25H34FN3O4S/c1-6-22(25(31)27-4)28(17-20-11-13-21(26)14-12-20)24(30)8-7-15-29(34(5,32)33)23-16-18(2)9-10-19(23)3/h9-14,16,22H,6-8,15,17H2,1-5H3,(H,27,31)/t22-/m1/s1. The van der Waals surface area contributed by atoms with Crippen molar-refractivity contribution < 1.29 is 22.4 Å². The minimum absolute atomic E-state index is 0.0611. The number of anilines is 1. The Bertz CT molecular complexity index is 1100. The van der Waals surface area contributed by atoms with E-state index in [-0.39, 0.29) is 43.6 Å². The lowest BCUT2D eigenvalue weighted by Gasteiger charge is -2.31. The lowest BCUT2D eigenvalue weighted by Crippen LogP contribution is -2.48. The summed E-state index contributed by atoms with van der Waals surface area (Å²) >= 11 is 0. The highest BCUT2D eigenvalue weighted by atomic mass is 32.2. The second kappa shape index (κ2) is 12.0. The quantitative estimate of drug-likeness (QED) is 0.521. The third-order valence-corrected chi connectivity index (χ3v) is 6.86. The molecule has 0 saturated carbocycles. The van der Waals surface area contributed by atoms with Crippen LogP contribution in [-0.2, 0) is 26.2 Å². The van der Waals surface area contributed by atoms with Crippen LogP contribution in [-0.4, -0.2) is 51.0 Å². The molecule has 2 aromatic rings.